The number of nitrogens with zero attached hydrogens (tertiary/aromatic N) is 3. The molecule has 1 aromatic carbocycles. The first kappa shape index (κ1) is 18.4. The Hall–Kier alpha value is -3.00. The zero-order valence-electron chi connectivity index (χ0n) is 15.7. The van der Waals surface area contributed by atoms with Crippen LogP contribution in [0.2, 0.25) is 0 Å². The van der Waals surface area contributed by atoms with Gasteiger partial charge in [-0.15, -0.1) is 0 Å². The zero-order valence-corrected chi connectivity index (χ0v) is 15.7. The molecule has 1 unspecified atom stereocenters. The van der Waals surface area contributed by atoms with E-state index in [1.807, 2.05) is 22.9 Å². The smallest absolute Gasteiger partial charge is 0.356 e. The third-order valence-electron chi connectivity index (χ3n) is 5.20. The molecule has 3 aromatic rings. The number of hydrogen-bond acceptors (Lipinski definition) is 5. The van der Waals surface area contributed by atoms with Gasteiger partial charge in [-0.1, -0.05) is 19.1 Å². The van der Waals surface area contributed by atoms with Crippen molar-refractivity contribution in [2.45, 2.75) is 51.7 Å². The van der Waals surface area contributed by atoms with Crippen LogP contribution in [-0.4, -0.2) is 36.9 Å². The normalized spacial score (nSPS) is 16.2. The molecule has 2 aromatic heterocycles. The van der Waals surface area contributed by atoms with Crippen LogP contribution in [0, 0.1) is 0 Å². The first-order chi connectivity index (χ1) is 13.6. The largest absolute Gasteiger partial charge is 0.476 e. The van der Waals surface area contributed by atoms with Crippen LogP contribution in [-0.2, 0) is 25.9 Å². The summed E-state index contributed by atoms with van der Waals surface area (Å²) in [7, 11) is 0. The molecule has 0 radical (unpaired) electrons. The van der Waals surface area contributed by atoms with E-state index in [4.69, 9.17) is 0 Å². The Morgan fingerprint density at radius 2 is 2.21 bits per heavy atom. The monoisotopic (exact) mass is 381 g/mol. The zero-order chi connectivity index (χ0) is 19.7. The Morgan fingerprint density at radius 3 is 3.00 bits per heavy atom. The molecule has 1 aliphatic carbocycles. The molecule has 0 aliphatic heterocycles. The molecule has 28 heavy (non-hydrogen) atoms. The van der Waals surface area contributed by atoms with Gasteiger partial charge in [-0.05, 0) is 37.8 Å². The van der Waals surface area contributed by atoms with Crippen LogP contribution in [0.5, 0.6) is 0 Å². The summed E-state index contributed by atoms with van der Waals surface area (Å²) in [6.07, 6.45) is 3.20. The van der Waals surface area contributed by atoms with Crippen LogP contribution in [0.15, 0.2) is 29.1 Å². The Kier molecular flexibility index (Phi) is 4.95. The van der Waals surface area contributed by atoms with E-state index >= 15 is 0 Å². The Labute approximate surface area is 161 Å². The summed E-state index contributed by atoms with van der Waals surface area (Å²) in [4.78, 5) is 31.1. The summed E-state index contributed by atoms with van der Waals surface area (Å²) < 4.78 is 1.84. The molecular weight excluding hydrogens is 358 g/mol. The summed E-state index contributed by atoms with van der Waals surface area (Å²) in [6, 6.07) is 7.36. The average molecular weight is 381 g/mol. The third-order valence-corrected chi connectivity index (χ3v) is 5.20. The molecule has 0 saturated carbocycles. The summed E-state index contributed by atoms with van der Waals surface area (Å²) >= 11 is 0. The summed E-state index contributed by atoms with van der Waals surface area (Å²) in [6.45, 7) is 3.21. The first-order valence-electron chi connectivity index (χ1n) is 9.60. The molecular formula is C20H23N5O3. The number of aromatic nitrogens is 4. The molecule has 8 heteroatoms. The minimum atomic E-state index is -0.979. The number of nitrogens with one attached hydrogen (secondary N) is 2. The summed E-state index contributed by atoms with van der Waals surface area (Å²) in [5.74, 6) is -0.401. The number of fused-ring (bicyclic) bond motifs is 2. The molecule has 0 amide bonds. The number of carbonyl (C=O) groups is 1. The van der Waals surface area contributed by atoms with Crippen LogP contribution >= 0.6 is 0 Å². The summed E-state index contributed by atoms with van der Waals surface area (Å²) in [5, 5.41) is 17.8. The minimum absolute atomic E-state index is 0.113. The molecule has 0 saturated heterocycles. The summed E-state index contributed by atoms with van der Waals surface area (Å²) in [5.41, 5.74) is 2.54. The average Bonchev–Trinajstić information content (AvgIpc) is 3.05. The fourth-order valence-electron chi connectivity index (χ4n) is 3.89. The van der Waals surface area contributed by atoms with Gasteiger partial charge in [-0.3, -0.25) is 9.48 Å². The number of carboxylic acids is 1. The van der Waals surface area contributed by atoms with Crippen molar-refractivity contribution < 1.29 is 9.90 Å². The highest BCUT2D eigenvalue weighted by Gasteiger charge is 2.28. The van der Waals surface area contributed by atoms with Gasteiger partial charge in [0, 0.05) is 23.8 Å². The number of benzene rings is 1. The molecule has 8 nitrogen and oxygen atoms in total. The lowest BCUT2D eigenvalue weighted by atomic mass is 9.91. The molecule has 1 aliphatic rings. The maximum absolute atomic E-state index is 12.2. The Balaban J connectivity index is 1.51. The van der Waals surface area contributed by atoms with Crippen molar-refractivity contribution in [2.75, 3.05) is 0 Å². The number of para-hydroxylation sites is 1. The van der Waals surface area contributed by atoms with E-state index in [0.717, 1.165) is 37.1 Å². The van der Waals surface area contributed by atoms with Gasteiger partial charge < -0.3 is 15.4 Å². The van der Waals surface area contributed by atoms with E-state index < -0.39 is 5.97 Å². The van der Waals surface area contributed by atoms with E-state index in [1.54, 1.807) is 6.07 Å². The molecule has 0 spiro atoms. The lowest BCUT2D eigenvalue weighted by molar-refractivity contribution is 0.0688. The van der Waals surface area contributed by atoms with Crippen molar-refractivity contribution >= 4 is 16.9 Å². The van der Waals surface area contributed by atoms with Gasteiger partial charge in [0.15, 0.2) is 5.69 Å². The van der Waals surface area contributed by atoms with E-state index in [-0.39, 0.29) is 17.3 Å². The number of hydrogen-bond donors (Lipinski definition) is 3. The predicted molar refractivity (Wildman–Crippen MR) is 104 cm³/mol. The maximum atomic E-state index is 12.2. The molecule has 3 N–H and O–H groups in total. The number of carboxylic acid groups (broad SMARTS) is 1. The molecule has 0 bridgehead atoms. The van der Waals surface area contributed by atoms with Crippen molar-refractivity contribution in [1.82, 2.24) is 25.1 Å². The van der Waals surface area contributed by atoms with Crippen molar-refractivity contribution in [1.29, 1.82) is 0 Å². The van der Waals surface area contributed by atoms with Crippen LogP contribution in [0.4, 0.5) is 0 Å². The quantitative estimate of drug-likeness (QED) is 0.601. The molecule has 2 heterocycles. The maximum Gasteiger partial charge on any atom is 0.356 e. The highest BCUT2D eigenvalue weighted by atomic mass is 16.4. The number of rotatable bonds is 6. The van der Waals surface area contributed by atoms with E-state index in [2.05, 4.69) is 27.3 Å². The van der Waals surface area contributed by atoms with Gasteiger partial charge in [0.2, 0.25) is 0 Å². The van der Waals surface area contributed by atoms with Gasteiger partial charge in [-0.2, -0.15) is 5.10 Å². The standard InChI is InChI=1S/C20H23N5O3/c1-2-9-25-16-8-7-12(10-14(16)18(24-25)20(27)28)21-11-17-22-15-6-4-3-5-13(15)19(26)23-17/h3-6,12,21H,2,7-11H2,1H3,(H,27,28)(H,22,23,26). The van der Waals surface area contributed by atoms with Crippen molar-refractivity contribution in [3.05, 3.63) is 57.4 Å². The SMILES string of the molecule is CCCn1nc(C(=O)O)c2c1CCC(NCc1nc3ccccc3c(=O)[nH]1)C2. The fourth-order valence-corrected chi connectivity index (χ4v) is 3.89. The second-order valence-electron chi connectivity index (χ2n) is 7.15. The van der Waals surface area contributed by atoms with Gasteiger partial charge in [0.1, 0.15) is 5.82 Å². The third kappa shape index (κ3) is 3.43. The predicted octanol–water partition coefficient (Wildman–Crippen LogP) is 1.87. The van der Waals surface area contributed by atoms with Gasteiger partial charge >= 0.3 is 5.97 Å². The molecule has 4 rings (SSSR count). The number of H-pyrrole nitrogens is 1. The Bertz CT molecular complexity index is 1090. The highest BCUT2D eigenvalue weighted by Crippen LogP contribution is 2.25. The van der Waals surface area contributed by atoms with Gasteiger partial charge in [0.25, 0.3) is 5.56 Å². The van der Waals surface area contributed by atoms with E-state index in [0.29, 0.717) is 29.7 Å². The first-order valence-corrected chi connectivity index (χ1v) is 9.60. The highest BCUT2D eigenvalue weighted by molar-refractivity contribution is 5.87. The number of aromatic amines is 1. The van der Waals surface area contributed by atoms with Crippen molar-refractivity contribution in [3.63, 3.8) is 0 Å². The minimum Gasteiger partial charge on any atom is -0.476 e. The Morgan fingerprint density at radius 1 is 1.39 bits per heavy atom. The lowest BCUT2D eigenvalue weighted by Gasteiger charge is -2.24. The fraction of sp³-hybridized carbons (Fsp3) is 0.400. The number of aromatic carboxylic acids is 1. The van der Waals surface area contributed by atoms with E-state index in [1.165, 1.54) is 0 Å². The van der Waals surface area contributed by atoms with E-state index in [9.17, 15) is 14.7 Å². The van der Waals surface area contributed by atoms with Crippen LogP contribution in [0.25, 0.3) is 10.9 Å². The second kappa shape index (κ2) is 7.55. The topological polar surface area (TPSA) is 113 Å². The molecule has 1 atom stereocenters. The van der Waals surface area contributed by atoms with Crippen molar-refractivity contribution in [3.8, 4) is 0 Å². The van der Waals surface area contributed by atoms with Crippen LogP contribution < -0.4 is 10.9 Å². The van der Waals surface area contributed by atoms with Crippen LogP contribution in [0.1, 0.15) is 47.3 Å². The van der Waals surface area contributed by atoms with Crippen molar-refractivity contribution in [2.24, 2.45) is 0 Å². The van der Waals surface area contributed by atoms with Gasteiger partial charge in [-0.25, -0.2) is 9.78 Å². The number of aryl methyl sites for hydroxylation is 1. The molecule has 0 fully saturated rings. The molecule has 146 valence electrons. The van der Waals surface area contributed by atoms with Gasteiger partial charge in [0.05, 0.1) is 17.4 Å². The van der Waals surface area contributed by atoms with Crippen LogP contribution in [0.3, 0.4) is 0 Å². The second-order valence-corrected chi connectivity index (χ2v) is 7.15. The lowest BCUT2D eigenvalue weighted by Crippen LogP contribution is -2.35.